The van der Waals surface area contributed by atoms with Crippen LogP contribution >= 0.6 is 0 Å². The van der Waals surface area contributed by atoms with Crippen molar-refractivity contribution in [3.05, 3.63) is 35.6 Å². The first-order chi connectivity index (χ1) is 10.1. The number of nitrogens with one attached hydrogen (secondary N) is 1. The number of benzene rings is 1. The Kier molecular flexibility index (Phi) is 5.27. The predicted molar refractivity (Wildman–Crippen MR) is 72.9 cm³/mol. The quantitative estimate of drug-likeness (QED) is 0.840. The van der Waals surface area contributed by atoms with Crippen molar-refractivity contribution in [2.75, 3.05) is 13.7 Å². The van der Waals surface area contributed by atoms with Crippen molar-refractivity contribution >= 4 is 11.9 Å². The standard InChI is InChI=1S/C15H18FNO4/c1-20-14(18)9-12(10-4-6-11(16)7-5-10)17-15(19)13-3-2-8-21-13/h4-7,12-13H,2-3,8-9H2,1H3,(H,17,19). The summed E-state index contributed by atoms with van der Waals surface area (Å²) < 4.78 is 22.9. The molecule has 1 aliphatic heterocycles. The number of hydrogen-bond acceptors (Lipinski definition) is 4. The number of carbonyl (C=O) groups is 2. The molecule has 1 aliphatic rings. The molecule has 5 nitrogen and oxygen atoms in total. The third-order valence-electron chi connectivity index (χ3n) is 3.41. The Labute approximate surface area is 122 Å². The molecule has 0 spiro atoms. The van der Waals surface area contributed by atoms with Gasteiger partial charge in [-0.3, -0.25) is 9.59 Å². The third kappa shape index (κ3) is 4.26. The van der Waals surface area contributed by atoms with E-state index in [4.69, 9.17) is 4.74 Å². The van der Waals surface area contributed by atoms with Crippen LogP contribution in [0.1, 0.15) is 30.9 Å². The molecule has 0 aliphatic carbocycles. The molecule has 2 atom stereocenters. The lowest BCUT2D eigenvalue weighted by Gasteiger charge is -2.20. The molecule has 0 aromatic heterocycles. The fraction of sp³-hybridized carbons (Fsp3) is 0.467. The first-order valence-corrected chi connectivity index (χ1v) is 6.84. The van der Waals surface area contributed by atoms with Crippen molar-refractivity contribution in [3.63, 3.8) is 0 Å². The van der Waals surface area contributed by atoms with Crippen LogP contribution in [0.25, 0.3) is 0 Å². The van der Waals surface area contributed by atoms with E-state index in [0.29, 0.717) is 18.6 Å². The lowest BCUT2D eigenvalue weighted by molar-refractivity contribution is -0.141. The number of esters is 1. The minimum atomic E-state index is -0.560. The summed E-state index contributed by atoms with van der Waals surface area (Å²) in [5.74, 6) is -1.08. The van der Waals surface area contributed by atoms with E-state index in [1.54, 1.807) is 12.1 Å². The third-order valence-corrected chi connectivity index (χ3v) is 3.41. The highest BCUT2D eigenvalue weighted by molar-refractivity contribution is 5.82. The Morgan fingerprint density at radius 1 is 1.43 bits per heavy atom. The maximum Gasteiger partial charge on any atom is 0.307 e. The highest BCUT2D eigenvalue weighted by Crippen LogP contribution is 2.20. The average Bonchev–Trinajstić information content (AvgIpc) is 3.01. The molecular weight excluding hydrogens is 277 g/mol. The summed E-state index contributed by atoms with van der Waals surface area (Å²) >= 11 is 0. The van der Waals surface area contributed by atoms with E-state index in [9.17, 15) is 14.0 Å². The molecule has 1 aromatic rings. The Balaban J connectivity index is 2.09. The van der Waals surface area contributed by atoms with Crippen LogP contribution in [0.3, 0.4) is 0 Å². The molecule has 1 N–H and O–H groups in total. The fourth-order valence-electron chi connectivity index (χ4n) is 2.25. The number of hydrogen-bond donors (Lipinski definition) is 1. The highest BCUT2D eigenvalue weighted by Gasteiger charge is 2.27. The molecule has 1 amide bonds. The molecule has 2 rings (SSSR count). The Morgan fingerprint density at radius 3 is 2.71 bits per heavy atom. The molecule has 6 heteroatoms. The average molecular weight is 295 g/mol. The molecule has 1 saturated heterocycles. The van der Waals surface area contributed by atoms with Crippen LogP contribution in [0.4, 0.5) is 4.39 Å². The smallest absolute Gasteiger partial charge is 0.307 e. The van der Waals surface area contributed by atoms with Crippen LogP contribution in [-0.2, 0) is 19.1 Å². The van der Waals surface area contributed by atoms with Crippen molar-refractivity contribution in [2.24, 2.45) is 0 Å². The summed E-state index contributed by atoms with van der Waals surface area (Å²) in [4.78, 5) is 23.6. The lowest BCUT2D eigenvalue weighted by atomic mass is 10.0. The zero-order chi connectivity index (χ0) is 15.2. The summed E-state index contributed by atoms with van der Waals surface area (Å²) in [6, 6.07) is 5.10. The van der Waals surface area contributed by atoms with Crippen molar-refractivity contribution in [2.45, 2.75) is 31.4 Å². The van der Waals surface area contributed by atoms with Gasteiger partial charge in [0.15, 0.2) is 0 Å². The van der Waals surface area contributed by atoms with Crippen LogP contribution in [0.5, 0.6) is 0 Å². The predicted octanol–water partition coefficient (Wildman–Crippen LogP) is 1.73. The van der Waals surface area contributed by atoms with Crippen molar-refractivity contribution < 1.29 is 23.5 Å². The second-order valence-corrected chi connectivity index (χ2v) is 4.89. The monoisotopic (exact) mass is 295 g/mol. The molecule has 0 bridgehead atoms. The van der Waals surface area contributed by atoms with E-state index >= 15 is 0 Å². The van der Waals surface area contributed by atoms with E-state index in [0.717, 1.165) is 6.42 Å². The number of carbonyl (C=O) groups excluding carboxylic acids is 2. The SMILES string of the molecule is COC(=O)CC(NC(=O)C1CCCO1)c1ccc(F)cc1. The van der Waals surface area contributed by atoms with Gasteiger partial charge in [0, 0.05) is 6.61 Å². The van der Waals surface area contributed by atoms with Crippen LogP contribution in [-0.4, -0.2) is 31.7 Å². The van der Waals surface area contributed by atoms with E-state index in [2.05, 4.69) is 10.1 Å². The van der Waals surface area contributed by atoms with Crippen LogP contribution < -0.4 is 5.32 Å². The van der Waals surface area contributed by atoms with Crippen LogP contribution in [0, 0.1) is 5.82 Å². The molecular formula is C15H18FNO4. The van der Waals surface area contributed by atoms with Crippen molar-refractivity contribution in [3.8, 4) is 0 Å². The topological polar surface area (TPSA) is 64.6 Å². The summed E-state index contributed by atoms with van der Waals surface area (Å²) in [5.41, 5.74) is 0.646. The van der Waals surface area contributed by atoms with Crippen molar-refractivity contribution in [1.29, 1.82) is 0 Å². The van der Waals surface area contributed by atoms with Gasteiger partial charge in [0.05, 0.1) is 19.6 Å². The molecule has 0 saturated carbocycles. The number of rotatable bonds is 5. The summed E-state index contributed by atoms with van der Waals surface area (Å²) in [5, 5.41) is 2.77. The second-order valence-electron chi connectivity index (χ2n) is 4.89. The van der Waals surface area contributed by atoms with E-state index in [1.807, 2.05) is 0 Å². The van der Waals surface area contributed by atoms with Gasteiger partial charge in [-0.05, 0) is 30.5 Å². The molecule has 1 fully saturated rings. The zero-order valence-corrected chi connectivity index (χ0v) is 11.8. The highest BCUT2D eigenvalue weighted by atomic mass is 19.1. The maximum atomic E-state index is 13.0. The molecule has 2 unspecified atom stereocenters. The molecule has 114 valence electrons. The Morgan fingerprint density at radius 2 is 2.14 bits per heavy atom. The van der Waals surface area contributed by atoms with Gasteiger partial charge in [-0.15, -0.1) is 0 Å². The summed E-state index contributed by atoms with van der Waals surface area (Å²) in [6.45, 7) is 0.566. The number of halogens is 1. The van der Waals surface area contributed by atoms with Gasteiger partial charge >= 0.3 is 5.97 Å². The van der Waals surface area contributed by atoms with Crippen molar-refractivity contribution in [1.82, 2.24) is 5.32 Å². The second kappa shape index (κ2) is 7.17. The van der Waals surface area contributed by atoms with E-state index in [-0.39, 0.29) is 18.1 Å². The fourth-order valence-corrected chi connectivity index (χ4v) is 2.25. The largest absolute Gasteiger partial charge is 0.469 e. The minimum Gasteiger partial charge on any atom is -0.469 e. The van der Waals surface area contributed by atoms with Gasteiger partial charge in [-0.2, -0.15) is 0 Å². The van der Waals surface area contributed by atoms with Gasteiger partial charge in [0.1, 0.15) is 11.9 Å². The minimum absolute atomic E-state index is 0.0133. The molecule has 21 heavy (non-hydrogen) atoms. The maximum absolute atomic E-state index is 13.0. The van der Waals surface area contributed by atoms with E-state index < -0.39 is 18.1 Å². The number of methoxy groups -OCH3 is 1. The first kappa shape index (κ1) is 15.4. The molecule has 1 heterocycles. The summed E-state index contributed by atoms with van der Waals surface area (Å²) in [7, 11) is 1.28. The van der Waals surface area contributed by atoms with Gasteiger partial charge in [0.2, 0.25) is 5.91 Å². The zero-order valence-electron chi connectivity index (χ0n) is 11.8. The normalized spacial score (nSPS) is 19.0. The Hall–Kier alpha value is -1.95. The number of amides is 1. The summed E-state index contributed by atoms with van der Waals surface area (Å²) in [6.07, 6.45) is 1.02. The van der Waals surface area contributed by atoms with Gasteiger partial charge in [-0.25, -0.2) is 4.39 Å². The van der Waals surface area contributed by atoms with Gasteiger partial charge in [-0.1, -0.05) is 12.1 Å². The van der Waals surface area contributed by atoms with Crippen LogP contribution in [0.15, 0.2) is 24.3 Å². The number of ether oxygens (including phenoxy) is 2. The molecule has 0 radical (unpaired) electrons. The van der Waals surface area contributed by atoms with Gasteiger partial charge in [0.25, 0.3) is 0 Å². The first-order valence-electron chi connectivity index (χ1n) is 6.84. The van der Waals surface area contributed by atoms with Gasteiger partial charge < -0.3 is 14.8 Å². The lowest BCUT2D eigenvalue weighted by Crippen LogP contribution is -2.37. The molecule has 1 aromatic carbocycles. The Bertz CT molecular complexity index is 497. The van der Waals surface area contributed by atoms with E-state index in [1.165, 1.54) is 19.2 Å². The van der Waals surface area contributed by atoms with Crippen LogP contribution in [0.2, 0.25) is 0 Å².